The number of nitrogens with zero attached hydrogens (tertiary/aromatic N) is 2. The second-order valence-electron chi connectivity index (χ2n) is 4.84. The molecular formula is C16H10Cl3N3O2S. The number of carbonyl (C=O) groups excluding carboxylic acids is 1. The van der Waals surface area contributed by atoms with Gasteiger partial charge < -0.3 is 9.73 Å². The summed E-state index contributed by atoms with van der Waals surface area (Å²) in [6, 6.07) is 11.9. The maximum atomic E-state index is 12.0. The zero-order valence-electron chi connectivity index (χ0n) is 12.5. The number of carbonyl (C=O) groups is 1. The summed E-state index contributed by atoms with van der Waals surface area (Å²) < 4.78 is 5.52. The zero-order chi connectivity index (χ0) is 17.8. The maximum absolute atomic E-state index is 12.0. The van der Waals surface area contributed by atoms with Crippen LogP contribution >= 0.6 is 46.6 Å². The molecule has 0 aliphatic rings. The van der Waals surface area contributed by atoms with Crippen molar-refractivity contribution >= 4 is 58.2 Å². The molecule has 2 aromatic carbocycles. The average Bonchev–Trinajstić information content (AvgIpc) is 3.05. The van der Waals surface area contributed by atoms with Crippen LogP contribution in [0.1, 0.15) is 0 Å². The Morgan fingerprint density at radius 1 is 1.08 bits per heavy atom. The minimum Gasteiger partial charge on any atom is -0.411 e. The third-order valence-electron chi connectivity index (χ3n) is 3.01. The number of amides is 1. The van der Waals surface area contributed by atoms with Crippen LogP contribution in [0.25, 0.3) is 11.5 Å². The first-order chi connectivity index (χ1) is 12.0. The summed E-state index contributed by atoms with van der Waals surface area (Å²) in [5.41, 5.74) is 1.16. The minimum absolute atomic E-state index is 0.0834. The van der Waals surface area contributed by atoms with E-state index in [1.54, 1.807) is 36.4 Å². The Balaban J connectivity index is 1.60. The van der Waals surface area contributed by atoms with Crippen LogP contribution < -0.4 is 5.32 Å². The van der Waals surface area contributed by atoms with E-state index in [1.165, 1.54) is 0 Å². The molecule has 25 heavy (non-hydrogen) atoms. The first-order valence-corrected chi connectivity index (χ1v) is 9.10. The molecule has 1 N–H and O–H groups in total. The van der Waals surface area contributed by atoms with Gasteiger partial charge >= 0.3 is 0 Å². The summed E-state index contributed by atoms with van der Waals surface area (Å²) in [4.78, 5) is 12.0. The Hall–Kier alpha value is -1.73. The summed E-state index contributed by atoms with van der Waals surface area (Å²) >= 11 is 19.0. The Morgan fingerprint density at radius 3 is 2.68 bits per heavy atom. The summed E-state index contributed by atoms with van der Waals surface area (Å²) in [5.74, 6) is 0.153. The number of hydrogen-bond acceptors (Lipinski definition) is 5. The molecular weight excluding hydrogens is 405 g/mol. The van der Waals surface area contributed by atoms with Crippen LogP contribution in [0, 0.1) is 0 Å². The predicted molar refractivity (Wildman–Crippen MR) is 101 cm³/mol. The highest BCUT2D eigenvalue weighted by molar-refractivity contribution is 7.99. The van der Waals surface area contributed by atoms with Gasteiger partial charge in [-0.2, -0.15) is 0 Å². The van der Waals surface area contributed by atoms with Crippen LogP contribution in [0.5, 0.6) is 0 Å². The topological polar surface area (TPSA) is 68.0 Å². The lowest BCUT2D eigenvalue weighted by Gasteiger charge is -2.06. The number of benzene rings is 2. The van der Waals surface area contributed by atoms with Crippen LogP contribution in [0.15, 0.2) is 52.1 Å². The Labute approximate surface area is 162 Å². The van der Waals surface area contributed by atoms with E-state index in [9.17, 15) is 4.79 Å². The number of halogens is 3. The molecule has 0 bridgehead atoms. The molecule has 0 aliphatic carbocycles. The van der Waals surface area contributed by atoms with Gasteiger partial charge in [-0.25, -0.2) is 0 Å². The number of thioether (sulfide) groups is 1. The molecule has 3 rings (SSSR count). The van der Waals surface area contributed by atoms with Crippen molar-refractivity contribution in [2.75, 3.05) is 11.1 Å². The molecule has 0 atom stereocenters. The highest BCUT2D eigenvalue weighted by atomic mass is 35.5. The van der Waals surface area contributed by atoms with Crippen LogP contribution in [0.4, 0.5) is 5.69 Å². The van der Waals surface area contributed by atoms with E-state index in [1.807, 2.05) is 6.07 Å². The fourth-order valence-electron chi connectivity index (χ4n) is 1.91. The number of nitrogens with one attached hydrogen (secondary N) is 1. The van der Waals surface area contributed by atoms with Crippen molar-refractivity contribution in [1.82, 2.24) is 10.2 Å². The molecule has 0 radical (unpaired) electrons. The second-order valence-corrected chi connectivity index (χ2v) is 7.05. The first-order valence-electron chi connectivity index (χ1n) is 6.98. The van der Waals surface area contributed by atoms with E-state index >= 15 is 0 Å². The fraction of sp³-hybridized carbons (Fsp3) is 0.0625. The molecule has 3 aromatic rings. The maximum Gasteiger partial charge on any atom is 0.277 e. The van der Waals surface area contributed by atoms with Crippen LogP contribution in [-0.2, 0) is 4.79 Å². The first kappa shape index (κ1) is 18.1. The molecule has 0 fully saturated rings. The molecule has 1 heterocycles. The summed E-state index contributed by atoms with van der Waals surface area (Å²) in [5, 5.41) is 12.3. The van der Waals surface area contributed by atoms with Crippen molar-refractivity contribution in [3.8, 4) is 11.5 Å². The third-order valence-corrected chi connectivity index (χ3v) is 4.63. The monoisotopic (exact) mass is 413 g/mol. The molecule has 1 aromatic heterocycles. The van der Waals surface area contributed by atoms with Gasteiger partial charge in [0, 0.05) is 15.6 Å². The van der Waals surface area contributed by atoms with E-state index in [0.29, 0.717) is 32.2 Å². The largest absolute Gasteiger partial charge is 0.411 e. The van der Waals surface area contributed by atoms with Gasteiger partial charge in [0.2, 0.25) is 11.8 Å². The van der Waals surface area contributed by atoms with E-state index in [2.05, 4.69) is 15.5 Å². The summed E-state index contributed by atoms with van der Waals surface area (Å²) in [7, 11) is 0. The predicted octanol–water partition coefficient (Wildman–Crippen LogP) is 5.43. The van der Waals surface area contributed by atoms with E-state index in [0.717, 1.165) is 11.8 Å². The summed E-state index contributed by atoms with van der Waals surface area (Å²) in [6.45, 7) is 0. The van der Waals surface area contributed by atoms with Crippen LogP contribution in [0.3, 0.4) is 0 Å². The Morgan fingerprint density at radius 2 is 1.88 bits per heavy atom. The lowest BCUT2D eigenvalue weighted by molar-refractivity contribution is -0.113. The van der Waals surface area contributed by atoms with Gasteiger partial charge in [0.05, 0.1) is 16.5 Å². The molecule has 0 saturated carbocycles. The molecule has 0 unspecified atom stereocenters. The normalized spacial score (nSPS) is 10.7. The number of anilines is 1. The number of hydrogen-bond donors (Lipinski definition) is 1. The quantitative estimate of drug-likeness (QED) is 0.564. The highest BCUT2D eigenvalue weighted by Crippen LogP contribution is 2.27. The van der Waals surface area contributed by atoms with E-state index < -0.39 is 0 Å². The SMILES string of the molecule is O=C(CSc1nnc(-c2cccc(Cl)c2)o1)Nc1cc(Cl)ccc1Cl. The smallest absolute Gasteiger partial charge is 0.277 e. The van der Waals surface area contributed by atoms with Crippen molar-refractivity contribution in [3.63, 3.8) is 0 Å². The zero-order valence-corrected chi connectivity index (χ0v) is 15.6. The molecule has 0 saturated heterocycles. The molecule has 1 amide bonds. The fourth-order valence-corrected chi connectivity index (χ4v) is 3.00. The minimum atomic E-state index is -0.267. The Bertz CT molecular complexity index is 917. The van der Waals surface area contributed by atoms with Gasteiger partial charge in [-0.3, -0.25) is 4.79 Å². The second kappa shape index (κ2) is 8.10. The van der Waals surface area contributed by atoms with Gasteiger partial charge in [-0.1, -0.05) is 52.6 Å². The molecule has 0 aliphatic heterocycles. The average molecular weight is 415 g/mol. The highest BCUT2D eigenvalue weighted by Gasteiger charge is 2.12. The molecule has 128 valence electrons. The van der Waals surface area contributed by atoms with Crippen LogP contribution in [0.2, 0.25) is 15.1 Å². The molecule has 9 heteroatoms. The van der Waals surface area contributed by atoms with Gasteiger partial charge in [0.15, 0.2) is 0 Å². The van der Waals surface area contributed by atoms with E-state index in [-0.39, 0.29) is 16.9 Å². The lowest BCUT2D eigenvalue weighted by Crippen LogP contribution is -2.14. The van der Waals surface area contributed by atoms with Crippen molar-refractivity contribution < 1.29 is 9.21 Å². The van der Waals surface area contributed by atoms with Crippen molar-refractivity contribution in [2.45, 2.75) is 5.22 Å². The third kappa shape index (κ3) is 4.89. The van der Waals surface area contributed by atoms with E-state index in [4.69, 9.17) is 39.2 Å². The summed E-state index contributed by atoms with van der Waals surface area (Å²) in [6.07, 6.45) is 0. The van der Waals surface area contributed by atoms with Crippen molar-refractivity contribution in [2.24, 2.45) is 0 Å². The van der Waals surface area contributed by atoms with Crippen molar-refractivity contribution in [3.05, 3.63) is 57.5 Å². The van der Waals surface area contributed by atoms with Gasteiger partial charge in [0.25, 0.3) is 5.22 Å². The van der Waals surface area contributed by atoms with Gasteiger partial charge in [-0.05, 0) is 36.4 Å². The molecule has 5 nitrogen and oxygen atoms in total. The molecule has 0 spiro atoms. The Kier molecular flexibility index (Phi) is 5.86. The lowest BCUT2D eigenvalue weighted by atomic mass is 10.2. The van der Waals surface area contributed by atoms with Crippen molar-refractivity contribution in [1.29, 1.82) is 0 Å². The van der Waals surface area contributed by atoms with Gasteiger partial charge in [-0.15, -0.1) is 10.2 Å². The number of aromatic nitrogens is 2. The van der Waals surface area contributed by atoms with Gasteiger partial charge in [0.1, 0.15) is 0 Å². The number of rotatable bonds is 5. The van der Waals surface area contributed by atoms with Crippen LogP contribution in [-0.4, -0.2) is 21.9 Å². The standard InChI is InChI=1S/C16H10Cl3N3O2S/c17-10-3-1-2-9(6-10)15-21-22-16(24-15)25-8-14(23)20-13-7-11(18)4-5-12(13)19/h1-7H,8H2,(H,20,23).